The van der Waals surface area contributed by atoms with Gasteiger partial charge in [-0.3, -0.25) is 0 Å². The van der Waals surface area contributed by atoms with Crippen LogP contribution in [0.15, 0.2) is 54.6 Å². The smallest absolute Gasteiger partial charge is 0.412 e. The molecule has 2 N–H and O–H groups in total. The molecule has 0 radical (unpaired) electrons. The first kappa shape index (κ1) is 18.1. The second-order valence-corrected chi connectivity index (χ2v) is 4.95. The van der Waals surface area contributed by atoms with Gasteiger partial charge in [-0.25, -0.2) is 4.79 Å². The molecule has 0 heterocycles. The number of carbonyl (C=O) groups excluding carboxylic acids is 1. The van der Waals surface area contributed by atoms with Gasteiger partial charge in [0.15, 0.2) is 12.6 Å². The average Bonchev–Trinajstić information content (AvgIpc) is 2.59. The van der Waals surface area contributed by atoms with Crippen molar-refractivity contribution in [3.63, 3.8) is 0 Å². The second-order valence-electron chi connectivity index (χ2n) is 4.95. The van der Waals surface area contributed by atoms with Gasteiger partial charge in [0, 0.05) is 5.69 Å². The average molecular weight is 349 g/mol. The van der Waals surface area contributed by atoms with Gasteiger partial charge < -0.3 is 15.4 Å². The number of hydrogen-bond acceptors (Lipinski definition) is 3. The lowest BCUT2D eigenvalue weighted by atomic mass is 10.1. The summed E-state index contributed by atoms with van der Waals surface area (Å²) in [4.78, 5) is 11.9. The summed E-state index contributed by atoms with van der Waals surface area (Å²) in [7, 11) is 0. The number of halogens is 3. The zero-order chi connectivity index (χ0) is 18.3. The lowest BCUT2D eigenvalue weighted by Crippen LogP contribution is -2.40. The summed E-state index contributed by atoms with van der Waals surface area (Å²) in [6.45, 7) is -0.127. The number of alkyl halides is 3. The highest BCUT2D eigenvalue weighted by molar-refractivity contribution is 5.89. The van der Waals surface area contributed by atoms with Gasteiger partial charge in [-0.15, -0.1) is 0 Å². The minimum absolute atomic E-state index is 0.0644. The molecule has 8 heteroatoms. The van der Waals surface area contributed by atoms with Gasteiger partial charge in [-0.2, -0.15) is 18.4 Å². The Hall–Kier alpha value is -3.21. The molecule has 130 valence electrons. The van der Waals surface area contributed by atoms with E-state index in [2.05, 4.69) is 5.32 Å². The summed E-state index contributed by atoms with van der Waals surface area (Å²) < 4.78 is 44.6. The van der Waals surface area contributed by atoms with Crippen LogP contribution in [0.3, 0.4) is 0 Å². The van der Waals surface area contributed by atoms with Crippen molar-refractivity contribution in [3.8, 4) is 11.8 Å². The summed E-state index contributed by atoms with van der Waals surface area (Å²) in [6, 6.07) is 11.7. The molecule has 1 atom stereocenters. The van der Waals surface area contributed by atoms with Crippen molar-refractivity contribution in [2.75, 3.05) is 11.9 Å². The third kappa shape index (κ3) is 5.42. The molecular formula is C17H14F3N3O2. The van der Waals surface area contributed by atoms with Crippen molar-refractivity contribution in [2.45, 2.75) is 12.2 Å². The molecule has 0 bridgehead atoms. The number of hydrogen-bond donors (Lipinski definition) is 2. The van der Waals surface area contributed by atoms with E-state index in [9.17, 15) is 18.0 Å². The van der Waals surface area contributed by atoms with Gasteiger partial charge in [0.2, 0.25) is 0 Å². The molecule has 5 nitrogen and oxygen atoms in total. The number of benzene rings is 2. The van der Waals surface area contributed by atoms with Crippen molar-refractivity contribution in [2.24, 2.45) is 0 Å². The molecule has 0 saturated carbocycles. The Labute approximate surface area is 142 Å². The van der Waals surface area contributed by atoms with Crippen molar-refractivity contribution in [1.29, 1.82) is 5.26 Å². The van der Waals surface area contributed by atoms with E-state index in [0.717, 1.165) is 0 Å². The fraction of sp³-hybridized carbons (Fsp3) is 0.176. The van der Waals surface area contributed by atoms with Gasteiger partial charge in [0.05, 0.1) is 0 Å². The minimum atomic E-state index is -4.63. The van der Waals surface area contributed by atoms with Crippen LogP contribution < -0.4 is 15.4 Å². The normalized spacial score (nSPS) is 11.9. The van der Waals surface area contributed by atoms with Crippen molar-refractivity contribution in [1.82, 2.24) is 5.32 Å². The maximum atomic E-state index is 13.2. The van der Waals surface area contributed by atoms with E-state index >= 15 is 0 Å². The van der Waals surface area contributed by atoms with Crippen LogP contribution in [0.5, 0.6) is 5.75 Å². The molecule has 0 saturated heterocycles. The molecule has 0 aliphatic heterocycles. The molecule has 0 aliphatic carbocycles. The van der Waals surface area contributed by atoms with Crippen LogP contribution in [-0.4, -0.2) is 18.8 Å². The number of rotatable bonds is 5. The third-order valence-electron chi connectivity index (χ3n) is 3.15. The SMILES string of the molecule is N#CCOc1ccc(NC(=O)NC(c2ccccc2)C(F)(F)F)cc1. The van der Waals surface area contributed by atoms with Crippen LogP contribution in [0.1, 0.15) is 11.6 Å². The zero-order valence-electron chi connectivity index (χ0n) is 12.9. The van der Waals surface area contributed by atoms with E-state index in [1.165, 1.54) is 48.5 Å². The topological polar surface area (TPSA) is 74.1 Å². The predicted molar refractivity (Wildman–Crippen MR) is 84.9 cm³/mol. The highest BCUT2D eigenvalue weighted by Gasteiger charge is 2.41. The molecule has 2 rings (SSSR count). The highest BCUT2D eigenvalue weighted by atomic mass is 19.4. The molecule has 0 aliphatic rings. The van der Waals surface area contributed by atoms with E-state index in [1.54, 1.807) is 12.1 Å². The number of ether oxygens (including phenoxy) is 1. The summed E-state index contributed by atoms with van der Waals surface area (Å²) in [6.07, 6.45) is -4.63. The predicted octanol–water partition coefficient (Wildman–Crippen LogP) is 4.01. The van der Waals surface area contributed by atoms with Gasteiger partial charge in [-0.1, -0.05) is 30.3 Å². The Morgan fingerprint density at radius 3 is 2.32 bits per heavy atom. The quantitative estimate of drug-likeness (QED) is 0.856. The molecule has 0 fully saturated rings. The van der Waals surface area contributed by atoms with E-state index < -0.39 is 18.2 Å². The fourth-order valence-corrected chi connectivity index (χ4v) is 2.05. The number of amides is 2. The maximum Gasteiger partial charge on any atom is 0.412 e. The van der Waals surface area contributed by atoms with Gasteiger partial charge in [0.25, 0.3) is 0 Å². The molecule has 2 aromatic carbocycles. The number of urea groups is 1. The maximum absolute atomic E-state index is 13.2. The molecule has 1 unspecified atom stereocenters. The second kappa shape index (κ2) is 8.06. The molecule has 0 aromatic heterocycles. The van der Waals surface area contributed by atoms with E-state index in [1.807, 2.05) is 5.32 Å². The summed E-state index contributed by atoms with van der Waals surface area (Å²) in [5.41, 5.74) is 0.223. The van der Waals surface area contributed by atoms with E-state index in [-0.39, 0.29) is 17.9 Å². The number of anilines is 1. The van der Waals surface area contributed by atoms with Crippen LogP contribution in [0, 0.1) is 11.3 Å². The van der Waals surface area contributed by atoms with Gasteiger partial charge in [-0.05, 0) is 29.8 Å². The summed E-state index contributed by atoms with van der Waals surface area (Å²) >= 11 is 0. The van der Waals surface area contributed by atoms with Crippen LogP contribution in [0.2, 0.25) is 0 Å². The van der Waals surface area contributed by atoms with Gasteiger partial charge in [0.1, 0.15) is 11.8 Å². The van der Waals surface area contributed by atoms with E-state index in [4.69, 9.17) is 10.00 Å². The molecular weight excluding hydrogens is 335 g/mol. The van der Waals surface area contributed by atoms with Gasteiger partial charge >= 0.3 is 12.2 Å². The monoisotopic (exact) mass is 349 g/mol. The first-order valence-corrected chi connectivity index (χ1v) is 7.19. The number of carbonyl (C=O) groups is 1. The lowest BCUT2D eigenvalue weighted by molar-refractivity contribution is -0.154. The van der Waals surface area contributed by atoms with E-state index in [0.29, 0.717) is 5.75 Å². The van der Waals surface area contributed by atoms with Crippen LogP contribution in [-0.2, 0) is 0 Å². The van der Waals surface area contributed by atoms with Crippen LogP contribution in [0.25, 0.3) is 0 Å². The van der Waals surface area contributed by atoms with Crippen molar-refractivity contribution >= 4 is 11.7 Å². The number of nitrogens with zero attached hydrogens (tertiary/aromatic N) is 1. The van der Waals surface area contributed by atoms with Crippen molar-refractivity contribution < 1.29 is 22.7 Å². The minimum Gasteiger partial charge on any atom is -0.479 e. The van der Waals surface area contributed by atoms with Crippen LogP contribution >= 0.6 is 0 Å². The fourth-order valence-electron chi connectivity index (χ4n) is 2.05. The summed E-state index contributed by atoms with van der Waals surface area (Å²) in [5.74, 6) is 0.407. The standard InChI is InChI=1S/C17H14F3N3O2/c18-17(19,20)15(12-4-2-1-3-5-12)23-16(24)22-13-6-8-14(9-7-13)25-11-10-21/h1-9,15H,11H2,(H2,22,23,24). The Bertz CT molecular complexity index is 740. The number of nitriles is 1. The Morgan fingerprint density at radius 1 is 1.12 bits per heavy atom. The molecule has 2 amide bonds. The number of nitrogens with one attached hydrogen (secondary N) is 2. The Morgan fingerprint density at radius 2 is 1.76 bits per heavy atom. The van der Waals surface area contributed by atoms with Crippen LogP contribution in [0.4, 0.5) is 23.7 Å². The first-order chi connectivity index (χ1) is 11.9. The largest absolute Gasteiger partial charge is 0.479 e. The molecule has 25 heavy (non-hydrogen) atoms. The Balaban J connectivity index is 2.03. The Kier molecular flexibility index (Phi) is 5.84. The zero-order valence-corrected chi connectivity index (χ0v) is 12.9. The first-order valence-electron chi connectivity index (χ1n) is 7.19. The highest BCUT2D eigenvalue weighted by Crippen LogP contribution is 2.32. The third-order valence-corrected chi connectivity index (χ3v) is 3.15. The molecule has 0 spiro atoms. The lowest BCUT2D eigenvalue weighted by Gasteiger charge is -2.22. The molecule has 2 aromatic rings. The summed E-state index contributed by atoms with van der Waals surface area (Å²) in [5, 5.41) is 12.7. The van der Waals surface area contributed by atoms with Crippen molar-refractivity contribution in [3.05, 3.63) is 60.2 Å².